The van der Waals surface area contributed by atoms with Gasteiger partial charge in [-0.15, -0.1) is 0 Å². The van der Waals surface area contributed by atoms with Crippen molar-refractivity contribution in [2.24, 2.45) is 0 Å². The number of alkyl halides is 3. The van der Waals surface area contributed by atoms with Crippen LogP contribution in [-0.2, 0) is 6.18 Å². The molecule has 0 aliphatic rings. The molecule has 30 heavy (non-hydrogen) atoms. The van der Waals surface area contributed by atoms with Crippen molar-refractivity contribution in [3.8, 4) is 5.69 Å². The van der Waals surface area contributed by atoms with Gasteiger partial charge in [-0.1, -0.05) is 24.8 Å². The second-order valence-electron chi connectivity index (χ2n) is 6.21. The first kappa shape index (κ1) is 22.9. The fraction of sp³-hybridized carbons (Fsp3) is 0.158. The highest BCUT2D eigenvalue weighted by Crippen LogP contribution is 2.37. The van der Waals surface area contributed by atoms with E-state index in [1.807, 2.05) is 5.10 Å². The SMILES string of the molecule is C=C/C(=C\C(=C)C)C(=O)c1c(C)[nH]n(-c2c(F)c(F)c(C(F)(F)F)c(F)c2F)c1=O. The molecule has 1 heterocycles. The molecule has 0 aliphatic carbocycles. The van der Waals surface area contributed by atoms with E-state index in [1.165, 1.54) is 13.0 Å². The standard InChI is InChI=1S/C19H13F7N2O2/c1-5-9(6-7(2)3)17(29)10-8(4)27-28(18(10)30)16-14(22)12(20)11(19(24,25)26)13(21)15(16)23/h5-6,27H,1-2H2,3-4H3/b9-6+. The highest BCUT2D eigenvalue weighted by atomic mass is 19.4. The molecule has 0 unspecified atom stereocenters. The molecule has 0 spiro atoms. The third-order valence-corrected chi connectivity index (χ3v) is 3.93. The van der Waals surface area contributed by atoms with E-state index in [4.69, 9.17) is 0 Å². The quantitative estimate of drug-likeness (QED) is 0.239. The van der Waals surface area contributed by atoms with Crippen LogP contribution in [-0.4, -0.2) is 15.6 Å². The largest absolute Gasteiger partial charge is 0.422 e. The molecule has 1 aromatic carbocycles. The molecule has 0 bridgehead atoms. The molecule has 0 saturated heterocycles. The second kappa shape index (κ2) is 7.81. The zero-order valence-electron chi connectivity index (χ0n) is 15.5. The monoisotopic (exact) mass is 434 g/mol. The van der Waals surface area contributed by atoms with Gasteiger partial charge in [0, 0.05) is 11.3 Å². The Balaban J connectivity index is 2.83. The summed E-state index contributed by atoms with van der Waals surface area (Å²) in [6, 6.07) is 0. The summed E-state index contributed by atoms with van der Waals surface area (Å²) in [6.07, 6.45) is -3.41. The Morgan fingerprint density at radius 1 is 1.07 bits per heavy atom. The number of aromatic amines is 1. The number of hydrogen-bond acceptors (Lipinski definition) is 2. The molecule has 2 aromatic rings. The van der Waals surface area contributed by atoms with Gasteiger partial charge in [-0.25, -0.2) is 22.2 Å². The van der Waals surface area contributed by atoms with E-state index in [0.717, 1.165) is 13.0 Å². The summed E-state index contributed by atoms with van der Waals surface area (Å²) in [5.74, 6) is -11.4. The number of nitrogens with zero attached hydrogens (tertiary/aromatic N) is 1. The molecule has 2 rings (SSSR count). The van der Waals surface area contributed by atoms with Gasteiger partial charge in [0.05, 0.1) is 0 Å². The van der Waals surface area contributed by atoms with Crippen molar-refractivity contribution in [1.29, 1.82) is 0 Å². The van der Waals surface area contributed by atoms with Gasteiger partial charge in [-0.05, 0) is 19.9 Å². The Morgan fingerprint density at radius 3 is 1.97 bits per heavy atom. The van der Waals surface area contributed by atoms with Gasteiger partial charge in [0.15, 0.2) is 29.1 Å². The van der Waals surface area contributed by atoms with Crippen molar-refractivity contribution >= 4 is 5.78 Å². The number of Topliss-reactive ketones (excluding diaryl/α,β-unsaturated/α-hetero) is 1. The van der Waals surface area contributed by atoms with Gasteiger partial charge in [-0.2, -0.15) is 13.2 Å². The predicted molar refractivity (Wildman–Crippen MR) is 93.4 cm³/mol. The Labute approximate surface area is 164 Å². The van der Waals surface area contributed by atoms with Gasteiger partial charge >= 0.3 is 6.18 Å². The predicted octanol–water partition coefficient (Wildman–Crippen LogP) is 4.92. The zero-order chi connectivity index (χ0) is 23.1. The Kier molecular flexibility index (Phi) is 5.96. The van der Waals surface area contributed by atoms with Gasteiger partial charge in [0.25, 0.3) is 5.56 Å². The van der Waals surface area contributed by atoms with Crippen molar-refractivity contribution in [3.05, 3.63) is 86.9 Å². The fourth-order valence-corrected chi connectivity index (χ4v) is 2.66. The molecule has 1 N–H and O–H groups in total. The number of nitrogens with one attached hydrogen (secondary N) is 1. The minimum absolute atomic E-state index is 0.0823. The van der Waals surface area contributed by atoms with Gasteiger partial charge in [0.2, 0.25) is 0 Å². The second-order valence-corrected chi connectivity index (χ2v) is 6.21. The average molecular weight is 434 g/mol. The maximum absolute atomic E-state index is 14.3. The van der Waals surface area contributed by atoms with E-state index in [0.29, 0.717) is 5.57 Å². The summed E-state index contributed by atoms with van der Waals surface area (Å²) in [7, 11) is 0. The normalized spacial score (nSPS) is 12.2. The summed E-state index contributed by atoms with van der Waals surface area (Å²) >= 11 is 0. The number of allylic oxidation sites excluding steroid dienone is 4. The number of H-pyrrole nitrogens is 1. The van der Waals surface area contributed by atoms with Crippen LogP contribution < -0.4 is 5.56 Å². The summed E-state index contributed by atoms with van der Waals surface area (Å²) in [4.78, 5) is 25.2. The maximum atomic E-state index is 14.3. The Morgan fingerprint density at radius 2 is 1.57 bits per heavy atom. The first-order chi connectivity index (χ1) is 13.7. The Bertz CT molecular complexity index is 1140. The molecule has 160 valence electrons. The van der Waals surface area contributed by atoms with Crippen LogP contribution in [0.5, 0.6) is 0 Å². The van der Waals surface area contributed by atoms with Crippen LogP contribution in [0.15, 0.2) is 41.3 Å². The number of benzene rings is 1. The maximum Gasteiger partial charge on any atom is 0.422 e. The van der Waals surface area contributed by atoms with Crippen molar-refractivity contribution < 1.29 is 35.5 Å². The number of rotatable bonds is 5. The smallest absolute Gasteiger partial charge is 0.294 e. The average Bonchev–Trinajstić information content (AvgIpc) is 2.90. The molecule has 11 heteroatoms. The van der Waals surface area contributed by atoms with E-state index in [-0.39, 0.29) is 15.9 Å². The first-order valence-electron chi connectivity index (χ1n) is 8.03. The summed E-state index contributed by atoms with van der Waals surface area (Å²) < 4.78 is 94.4. The van der Waals surface area contributed by atoms with Gasteiger partial charge < -0.3 is 0 Å². The van der Waals surface area contributed by atoms with Crippen molar-refractivity contribution in [3.63, 3.8) is 0 Å². The van der Waals surface area contributed by atoms with E-state index in [9.17, 15) is 40.3 Å². The fourth-order valence-electron chi connectivity index (χ4n) is 2.66. The number of aryl methyl sites for hydroxylation is 1. The van der Waals surface area contributed by atoms with Gasteiger partial charge in [-0.3, -0.25) is 14.7 Å². The molecular weight excluding hydrogens is 421 g/mol. The lowest BCUT2D eigenvalue weighted by Crippen LogP contribution is -2.25. The summed E-state index contributed by atoms with van der Waals surface area (Å²) in [6.45, 7) is 9.60. The van der Waals surface area contributed by atoms with Gasteiger partial charge in [0.1, 0.15) is 16.8 Å². The number of carbonyl (C=O) groups excluding carboxylic acids is 1. The lowest BCUT2D eigenvalue weighted by atomic mass is 10.0. The van der Waals surface area contributed by atoms with Crippen LogP contribution in [0.2, 0.25) is 0 Å². The van der Waals surface area contributed by atoms with Crippen LogP contribution in [0.25, 0.3) is 5.69 Å². The molecule has 0 atom stereocenters. The molecule has 0 aliphatic heterocycles. The van der Waals surface area contributed by atoms with Crippen LogP contribution >= 0.6 is 0 Å². The number of carbonyl (C=O) groups is 1. The molecule has 0 amide bonds. The first-order valence-corrected chi connectivity index (χ1v) is 8.03. The van der Waals surface area contributed by atoms with Crippen LogP contribution in [0.1, 0.15) is 28.5 Å². The summed E-state index contributed by atoms with van der Waals surface area (Å²) in [5.41, 5.74) is -6.65. The van der Waals surface area contributed by atoms with E-state index >= 15 is 0 Å². The number of halogens is 7. The van der Waals surface area contributed by atoms with Crippen LogP contribution in [0.4, 0.5) is 30.7 Å². The highest BCUT2D eigenvalue weighted by molar-refractivity contribution is 6.11. The van der Waals surface area contributed by atoms with E-state index < -0.39 is 57.6 Å². The van der Waals surface area contributed by atoms with Crippen molar-refractivity contribution in [2.75, 3.05) is 0 Å². The minimum atomic E-state index is -5.74. The minimum Gasteiger partial charge on any atom is -0.294 e. The lowest BCUT2D eigenvalue weighted by Gasteiger charge is -2.14. The van der Waals surface area contributed by atoms with Crippen molar-refractivity contribution in [2.45, 2.75) is 20.0 Å². The summed E-state index contributed by atoms with van der Waals surface area (Å²) in [5, 5.41) is 2.04. The van der Waals surface area contributed by atoms with Crippen LogP contribution in [0, 0.1) is 30.2 Å². The molecule has 0 radical (unpaired) electrons. The Hall–Kier alpha value is -3.37. The topological polar surface area (TPSA) is 54.9 Å². The molecule has 1 aromatic heterocycles. The number of ketones is 1. The van der Waals surface area contributed by atoms with E-state index in [2.05, 4.69) is 13.2 Å². The molecule has 0 saturated carbocycles. The van der Waals surface area contributed by atoms with E-state index in [1.54, 1.807) is 0 Å². The number of aromatic nitrogens is 2. The molecule has 0 fully saturated rings. The number of hydrogen-bond donors (Lipinski definition) is 1. The third-order valence-electron chi connectivity index (χ3n) is 3.93. The molecular formula is C19H13F7N2O2. The molecule has 4 nitrogen and oxygen atoms in total. The lowest BCUT2D eigenvalue weighted by molar-refractivity contribution is -0.143. The van der Waals surface area contributed by atoms with Crippen molar-refractivity contribution in [1.82, 2.24) is 9.78 Å². The van der Waals surface area contributed by atoms with Crippen LogP contribution in [0.3, 0.4) is 0 Å². The zero-order valence-corrected chi connectivity index (χ0v) is 15.5. The third kappa shape index (κ3) is 3.74. The highest BCUT2D eigenvalue weighted by Gasteiger charge is 2.43.